The van der Waals surface area contributed by atoms with E-state index in [1.165, 1.54) is 16.7 Å². The van der Waals surface area contributed by atoms with Gasteiger partial charge in [-0.3, -0.25) is 0 Å². The van der Waals surface area contributed by atoms with E-state index in [0.29, 0.717) is 5.92 Å². The molecule has 2 aromatic heterocycles. The number of allylic oxidation sites excluding steroid dienone is 2. The average molecular weight is 1010 g/mol. The van der Waals surface area contributed by atoms with E-state index in [4.69, 9.17) is 4.98 Å². The van der Waals surface area contributed by atoms with Crippen molar-refractivity contribution in [3.05, 3.63) is 230 Å². The molecule has 7 aromatic carbocycles. The first kappa shape index (κ1) is 41.0. The minimum atomic E-state index is 0. The molecule has 0 spiro atoms. The molecule has 0 fully saturated rings. The van der Waals surface area contributed by atoms with Gasteiger partial charge < -0.3 is 9.80 Å². The third-order valence-corrected chi connectivity index (χ3v) is 12.6. The number of pyridine rings is 1. The first-order chi connectivity index (χ1) is 31.0. The molecule has 0 amide bonds. The molecule has 0 N–H and O–H groups in total. The summed E-state index contributed by atoms with van der Waals surface area (Å²) in [6.07, 6.45) is 13.1. The second-order valence-corrected chi connectivity index (χ2v) is 16.7. The molecule has 2 atom stereocenters. The molecule has 314 valence electrons. The van der Waals surface area contributed by atoms with Crippen LogP contribution < -0.4 is 9.80 Å². The van der Waals surface area contributed by atoms with Gasteiger partial charge in [0, 0.05) is 63.3 Å². The van der Waals surface area contributed by atoms with Crippen molar-refractivity contribution in [3.63, 3.8) is 0 Å². The van der Waals surface area contributed by atoms with Crippen LogP contribution in [0.4, 0.5) is 28.6 Å². The fraction of sp³-hybridized carbons (Fsp3) is 0.103. The molecule has 3 heterocycles. The zero-order chi connectivity index (χ0) is 42.4. The van der Waals surface area contributed by atoms with E-state index in [1.807, 2.05) is 6.20 Å². The number of rotatable bonds is 9. The summed E-state index contributed by atoms with van der Waals surface area (Å²) in [4.78, 5) is 9.87. The minimum Gasteiger partial charge on any atom is -0.357 e. The zero-order valence-corrected chi connectivity index (χ0v) is 38.2. The molecule has 1 aliphatic carbocycles. The number of aromatic nitrogens is 3. The minimum absolute atomic E-state index is 0. The number of hydrogen-bond donors (Lipinski definition) is 0. The van der Waals surface area contributed by atoms with Crippen molar-refractivity contribution < 1.29 is 21.1 Å². The van der Waals surface area contributed by atoms with Crippen LogP contribution in [-0.4, -0.2) is 20.2 Å². The van der Waals surface area contributed by atoms with Gasteiger partial charge in [0.1, 0.15) is 5.82 Å². The predicted octanol–water partition coefficient (Wildman–Crippen LogP) is 14.6. The van der Waals surface area contributed by atoms with E-state index < -0.39 is 0 Å². The topological polar surface area (TPSA) is 29.2 Å². The van der Waals surface area contributed by atoms with Gasteiger partial charge in [0.2, 0.25) is 0 Å². The molecule has 0 saturated heterocycles. The summed E-state index contributed by atoms with van der Waals surface area (Å²) < 4.78 is 4.40. The SMILES string of the molecule is CC(C)c1ccccc1-c1ccnc(N2c3[c-]c(N(c4[c-]c(-n5[cH+]n(C)c6ccccc65)ccc4)c4c(-c5ccccc5)cccc4-c4ccccc4)ccc3C3C=CC=CC32)c1.[Pt]. The number of para-hydroxylation sites is 3. The van der Waals surface area contributed by atoms with E-state index in [1.54, 1.807) is 0 Å². The van der Waals surface area contributed by atoms with Gasteiger partial charge in [0.15, 0.2) is 17.4 Å². The zero-order valence-electron chi connectivity index (χ0n) is 35.9. The summed E-state index contributed by atoms with van der Waals surface area (Å²) in [6.45, 7) is 4.52. The van der Waals surface area contributed by atoms with Crippen molar-refractivity contribution in [1.29, 1.82) is 0 Å². The molecule has 0 saturated carbocycles. The number of hydrogen-bond acceptors (Lipinski definition) is 3. The van der Waals surface area contributed by atoms with Gasteiger partial charge in [-0.15, -0.1) is 29.8 Å². The van der Waals surface area contributed by atoms with Crippen LogP contribution in [0.15, 0.2) is 207 Å². The van der Waals surface area contributed by atoms with Crippen LogP contribution in [-0.2, 0) is 28.1 Å². The van der Waals surface area contributed by atoms with E-state index in [0.717, 1.165) is 73.1 Å². The van der Waals surface area contributed by atoms with Gasteiger partial charge in [0.25, 0.3) is 0 Å². The Bertz CT molecular complexity index is 3150. The van der Waals surface area contributed by atoms with E-state index in [-0.39, 0.29) is 33.0 Å². The smallest absolute Gasteiger partial charge is 0.188 e. The number of nitrogens with zero attached hydrogens (tertiary/aromatic N) is 5. The fourth-order valence-electron chi connectivity index (χ4n) is 9.64. The van der Waals surface area contributed by atoms with E-state index in [9.17, 15) is 0 Å². The summed E-state index contributed by atoms with van der Waals surface area (Å²) in [5, 5.41) is 0. The molecule has 0 radical (unpaired) electrons. The summed E-state index contributed by atoms with van der Waals surface area (Å²) >= 11 is 0. The summed E-state index contributed by atoms with van der Waals surface area (Å²) in [7, 11) is 2.10. The van der Waals surface area contributed by atoms with Crippen LogP contribution in [0.25, 0.3) is 50.1 Å². The predicted molar refractivity (Wildman–Crippen MR) is 261 cm³/mol. The van der Waals surface area contributed by atoms with Crippen molar-refractivity contribution >= 4 is 39.6 Å². The van der Waals surface area contributed by atoms with Gasteiger partial charge >= 0.3 is 0 Å². The van der Waals surface area contributed by atoms with Crippen LogP contribution in [0.2, 0.25) is 0 Å². The fourth-order valence-corrected chi connectivity index (χ4v) is 9.64. The Morgan fingerprint density at radius 2 is 1.25 bits per heavy atom. The second-order valence-electron chi connectivity index (χ2n) is 16.7. The van der Waals surface area contributed by atoms with Crippen LogP contribution in [0, 0.1) is 12.1 Å². The van der Waals surface area contributed by atoms with Crippen molar-refractivity contribution in [2.75, 3.05) is 9.80 Å². The average Bonchev–Trinajstić information content (AvgIpc) is 3.86. The number of imidazole rings is 1. The van der Waals surface area contributed by atoms with Gasteiger partial charge in [-0.2, -0.15) is 12.1 Å². The Hall–Kier alpha value is -7.07. The molecule has 9 aromatic rings. The third kappa shape index (κ3) is 7.20. The van der Waals surface area contributed by atoms with Gasteiger partial charge in [0.05, 0.1) is 11.7 Å². The third-order valence-electron chi connectivity index (χ3n) is 12.6. The summed E-state index contributed by atoms with van der Waals surface area (Å²) in [5.41, 5.74) is 16.5. The number of benzene rings is 7. The summed E-state index contributed by atoms with van der Waals surface area (Å²) in [5.74, 6) is 1.43. The Labute approximate surface area is 390 Å². The van der Waals surface area contributed by atoms with Crippen molar-refractivity contribution in [1.82, 2.24) is 14.1 Å². The largest absolute Gasteiger partial charge is 0.357 e. The van der Waals surface area contributed by atoms with Crippen LogP contribution >= 0.6 is 0 Å². The maximum atomic E-state index is 5.11. The first-order valence-electron chi connectivity index (χ1n) is 21.8. The molecule has 2 unspecified atom stereocenters. The Morgan fingerprint density at radius 3 is 2.00 bits per heavy atom. The molecule has 1 aliphatic heterocycles. The second kappa shape index (κ2) is 17.2. The molecule has 64 heavy (non-hydrogen) atoms. The Morgan fingerprint density at radius 1 is 0.609 bits per heavy atom. The molecule has 2 aliphatic rings. The van der Waals surface area contributed by atoms with Gasteiger partial charge in [-0.1, -0.05) is 164 Å². The number of aryl methyl sites for hydroxylation is 1. The van der Waals surface area contributed by atoms with Gasteiger partial charge in [-0.05, 0) is 63.9 Å². The first-order valence-corrected chi connectivity index (χ1v) is 21.8. The molecule has 6 heteroatoms. The van der Waals surface area contributed by atoms with Crippen molar-refractivity contribution in [3.8, 4) is 39.1 Å². The molecular weight excluding hydrogens is 962 g/mol. The molecule has 5 nitrogen and oxygen atoms in total. The van der Waals surface area contributed by atoms with Gasteiger partial charge in [-0.25, -0.2) is 14.1 Å². The van der Waals surface area contributed by atoms with Crippen LogP contribution in [0.5, 0.6) is 0 Å². The van der Waals surface area contributed by atoms with Crippen molar-refractivity contribution in [2.24, 2.45) is 7.05 Å². The van der Waals surface area contributed by atoms with Crippen LogP contribution in [0.3, 0.4) is 0 Å². The van der Waals surface area contributed by atoms with E-state index in [2.05, 4.69) is 252 Å². The number of anilines is 5. The van der Waals surface area contributed by atoms with E-state index >= 15 is 0 Å². The van der Waals surface area contributed by atoms with Crippen molar-refractivity contribution in [2.45, 2.75) is 31.7 Å². The van der Waals surface area contributed by atoms with Crippen LogP contribution in [0.1, 0.15) is 36.8 Å². The Balaban J connectivity index is 0.00000484. The monoisotopic (exact) mass is 1010 g/mol. The normalized spacial score (nSPS) is 15.0. The summed E-state index contributed by atoms with van der Waals surface area (Å²) in [6, 6.07) is 68.8. The molecule has 11 rings (SSSR count). The maximum Gasteiger partial charge on any atom is 0.188 e. The molecule has 0 bridgehead atoms. The molecular formula is C58H46N5Pt-. The Kier molecular flexibility index (Phi) is 11.0. The maximum absolute atomic E-state index is 5.11. The number of fused-ring (bicyclic) bond motifs is 4. The quantitative estimate of drug-likeness (QED) is 0.135. The standard InChI is InChI=1S/C58H46N5.Pt/c1-40(2)47-24-10-11-25-48(47)43-34-35-59-57(36-43)63-53-29-13-12-26-51(53)52-33-32-46(38-56(52)63)62(45-23-16-22-44(37-45)61-39-60(3)54-30-14-15-31-55(54)61)58-49(41-18-6-4-7-19-41)27-17-28-50(58)42-20-8-5-9-21-42;/h4-36,39-40,51,53H,1-3H3;/q-1;.